The highest BCUT2D eigenvalue weighted by molar-refractivity contribution is 5.75. The molecule has 1 heterocycles. The number of esters is 1. The average Bonchev–Trinajstić information content (AvgIpc) is 2.96. The van der Waals surface area contributed by atoms with E-state index in [1.807, 2.05) is 20.8 Å². The second-order valence-corrected chi connectivity index (χ2v) is 5.23. The van der Waals surface area contributed by atoms with Gasteiger partial charge < -0.3 is 9.47 Å². The van der Waals surface area contributed by atoms with Crippen LogP contribution in [0.1, 0.15) is 34.6 Å². The molecule has 0 spiro atoms. The molecule has 0 aromatic carbocycles. The van der Waals surface area contributed by atoms with Crippen LogP contribution in [0, 0.1) is 5.41 Å². The zero-order valence-electron chi connectivity index (χ0n) is 11.0. The number of epoxide rings is 1. The molecule has 0 amide bonds. The van der Waals surface area contributed by atoms with Gasteiger partial charge in [-0.3, -0.25) is 9.69 Å². The van der Waals surface area contributed by atoms with Crippen molar-refractivity contribution in [1.82, 2.24) is 4.90 Å². The lowest BCUT2D eigenvalue weighted by Gasteiger charge is -2.27. The first-order chi connectivity index (χ1) is 7.35. The molecule has 94 valence electrons. The van der Waals surface area contributed by atoms with Crippen LogP contribution in [0.2, 0.25) is 0 Å². The standard InChI is InChI=1S/C12H23NO3/c1-6-13(7-2)12(9-16-12)8-15-10(14)11(3,4)5/h6-9H2,1-5H3. The molecule has 0 aliphatic carbocycles. The lowest BCUT2D eigenvalue weighted by molar-refractivity contribution is -0.157. The van der Waals surface area contributed by atoms with Crippen molar-refractivity contribution in [3.63, 3.8) is 0 Å². The molecule has 1 fully saturated rings. The number of carbonyl (C=O) groups excluding carboxylic acids is 1. The van der Waals surface area contributed by atoms with Gasteiger partial charge in [0.1, 0.15) is 6.61 Å². The summed E-state index contributed by atoms with van der Waals surface area (Å²) in [5, 5.41) is 0. The average molecular weight is 229 g/mol. The van der Waals surface area contributed by atoms with E-state index < -0.39 is 5.41 Å². The zero-order chi connectivity index (χ0) is 12.4. The number of rotatable bonds is 5. The van der Waals surface area contributed by atoms with Gasteiger partial charge in [-0.25, -0.2) is 0 Å². The SMILES string of the molecule is CCN(CC)C1(COC(=O)C(C)(C)C)CO1. The van der Waals surface area contributed by atoms with Crippen LogP contribution in [0.15, 0.2) is 0 Å². The maximum atomic E-state index is 11.6. The first-order valence-electron chi connectivity index (χ1n) is 5.92. The summed E-state index contributed by atoms with van der Waals surface area (Å²) in [4.78, 5) is 13.8. The molecule has 0 aromatic heterocycles. The van der Waals surface area contributed by atoms with E-state index in [4.69, 9.17) is 9.47 Å². The minimum atomic E-state index is -0.445. The van der Waals surface area contributed by atoms with Crippen LogP contribution in [0.5, 0.6) is 0 Å². The van der Waals surface area contributed by atoms with Gasteiger partial charge in [-0.15, -0.1) is 0 Å². The Bertz CT molecular complexity index is 249. The van der Waals surface area contributed by atoms with Crippen molar-refractivity contribution in [1.29, 1.82) is 0 Å². The van der Waals surface area contributed by atoms with Gasteiger partial charge in [0.2, 0.25) is 0 Å². The summed E-state index contributed by atoms with van der Waals surface area (Å²) >= 11 is 0. The van der Waals surface area contributed by atoms with Gasteiger partial charge in [-0.2, -0.15) is 0 Å². The molecule has 0 radical (unpaired) electrons. The van der Waals surface area contributed by atoms with Crippen LogP contribution in [-0.4, -0.2) is 42.9 Å². The van der Waals surface area contributed by atoms with Crippen LogP contribution in [0.25, 0.3) is 0 Å². The summed E-state index contributed by atoms with van der Waals surface area (Å²) in [5.41, 5.74) is -0.788. The molecule has 0 saturated carbocycles. The number of hydrogen-bond donors (Lipinski definition) is 0. The molecule has 4 heteroatoms. The predicted octanol–water partition coefficient (Wildman–Crippen LogP) is 1.64. The monoisotopic (exact) mass is 229 g/mol. The maximum Gasteiger partial charge on any atom is 0.311 e. The Labute approximate surface area is 97.9 Å². The Balaban J connectivity index is 2.46. The van der Waals surface area contributed by atoms with Gasteiger partial charge in [-0.05, 0) is 33.9 Å². The van der Waals surface area contributed by atoms with E-state index in [2.05, 4.69) is 18.7 Å². The van der Waals surface area contributed by atoms with E-state index in [0.717, 1.165) is 13.1 Å². The largest absolute Gasteiger partial charge is 0.461 e. The highest BCUT2D eigenvalue weighted by Crippen LogP contribution is 2.32. The molecule has 1 atom stereocenters. The number of nitrogens with zero attached hydrogens (tertiary/aromatic N) is 1. The first-order valence-corrected chi connectivity index (χ1v) is 5.92. The van der Waals surface area contributed by atoms with Crippen LogP contribution in [-0.2, 0) is 14.3 Å². The minimum absolute atomic E-state index is 0.172. The Morgan fingerprint density at radius 3 is 2.19 bits per heavy atom. The van der Waals surface area contributed by atoms with E-state index in [9.17, 15) is 4.79 Å². The van der Waals surface area contributed by atoms with Gasteiger partial charge in [-0.1, -0.05) is 13.8 Å². The third kappa shape index (κ3) is 2.95. The molecule has 0 aromatic rings. The molecule has 1 saturated heterocycles. The van der Waals surface area contributed by atoms with Crippen molar-refractivity contribution in [3.8, 4) is 0 Å². The molecule has 1 aliphatic heterocycles. The van der Waals surface area contributed by atoms with Gasteiger partial charge in [0.25, 0.3) is 0 Å². The van der Waals surface area contributed by atoms with E-state index in [-0.39, 0.29) is 11.7 Å². The maximum absolute atomic E-state index is 11.6. The van der Waals surface area contributed by atoms with E-state index >= 15 is 0 Å². The lowest BCUT2D eigenvalue weighted by Crippen LogP contribution is -2.43. The summed E-state index contributed by atoms with van der Waals surface area (Å²) in [6.45, 7) is 12.5. The minimum Gasteiger partial charge on any atom is -0.461 e. The van der Waals surface area contributed by atoms with Crippen molar-refractivity contribution < 1.29 is 14.3 Å². The number of likely N-dealkylation sites (N-methyl/N-ethyl adjacent to an activating group) is 1. The van der Waals surface area contributed by atoms with Crippen molar-refractivity contribution >= 4 is 5.97 Å². The van der Waals surface area contributed by atoms with Gasteiger partial charge in [0, 0.05) is 0 Å². The van der Waals surface area contributed by atoms with E-state index in [0.29, 0.717) is 13.2 Å². The Hall–Kier alpha value is -0.610. The van der Waals surface area contributed by atoms with Crippen LogP contribution >= 0.6 is 0 Å². The predicted molar refractivity (Wildman–Crippen MR) is 62.0 cm³/mol. The molecule has 16 heavy (non-hydrogen) atoms. The Morgan fingerprint density at radius 2 is 1.88 bits per heavy atom. The Kier molecular flexibility index (Phi) is 3.97. The van der Waals surface area contributed by atoms with Crippen molar-refractivity contribution in [2.24, 2.45) is 5.41 Å². The van der Waals surface area contributed by atoms with Gasteiger partial charge >= 0.3 is 5.97 Å². The third-order valence-electron chi connectivity index (χ3n) is 2.86. The topological polar surface area (TPSA) is 42.1 Å². The molecule has 1 unspecified atom stereocenters. The van der Waals surface area contributed by atoms with Crippen molar-refractivity contribution in [2.45, 2.75) is 40.3 Å². The highest BCUT2D eigenvalue weighted by atomic mass is 16.6. The Morgan fingerprint density at radius 1 is 1.38 bits per heavy atom. The molecular weight excluding hydrogens is 206 g/mol. The second kappa shape index (κ2) is 4.72. The zero-order valence-corrected chi connectivity index (χ0v) is 11.0. The summed E-state index contributed by atoms with van der Waals surface area (Å²) in [5.74, 6) is -0.172. The quantitative estimate of drug-likeness (QED) is 0.531. The molecular formula is C12H23NO3. The third-order valence-corrected chi connectivity index (χ3v) is 2.86. The highest BCUT2D eigenvalue weighted by Gasteiger charge is 2.50. The number of ether oxygens (including phenoxy) is 2. The normalized spacial score (nSPS) is 24.6. The second-order valence-electron chi connectivity index (χ2n) is 5.23. The first kappa shape index (κ1) is 13.5. The van der Waals surface area contributed by atoms with Gasteiger partial charge in [0.05, 0.1) is 12.0 Å². The van der Waals surface area contributed by atoms with Crippen molar-refractivity contribution in [2.75, 3.05) is 26.3 Å². The summed E-state index contributed by atoms with van der Waals surface area (Å²) < 4.78 is 10.8. The van der Waals surface area contributed by atoms with Gasteiger partial charge in [0.15, 0.2) is 5.72 Å². The molecule has 1 aliphatic rings. The number of hydrogen-bond acceptors (Lipinski definition) is 4. The van der Waals surface area contributed by atoms with Crippen LogP contribution < -0.4 is 0 Å². The fourth-order valence-corrected chi connectivity index (χ4v) is 1.64. The fourth-order valence-electron chi connectivity index (χ4n) is 1.64. The fraction of sp³-hybridized carbons (Fsp3) is 0.917. The van der Waals surface area contributed by atoms with Crippen molar-refractivity contribution in [3.05, 3.63) is 0 Å². The van der Waals surface area contributed by atoms with Crippen LogP contribution in [0.3, 0.4) is 0 Å². The van der Waals surface area contributed by atoms with E-state index in [1.54, 1.807) is 0 Å². The summed E-state index contributed by atoms with van der Waals surface area (Å²) in [6.07, 6.45) is 0. The van der Waals surface area contributed by atoms with E-state index in [1.165, 1.54) is 0 Å². The van der Waals surface area contributed by atoms with Crippen LogP contribution in [0.4, 0.5) is 0 Å². The smallest absolute Gasteiger partial charge is 0.311 e. The number of carbonyl (C=O) groups is 1. The molecule has 1 rings (SSSR count). The lowest BCUT2D eigenvalue weighted by atomic mass is 9.97. The molecule has 4 nitrogen and oxygen atoms in total. The molecule has 0 N–H and O–H groups in total. The summed E-state index contributed by atoms with van der Waals surface area (Å²) in [6, 6.07) is 0. The molecule has 0 bridgehead atoms. The summed E-state index contributed by atoms with van der Waals surface area (Å²) in [7, 11) is 0.